The molecule has 2 aromatic rings. The highest BCUT2D eigenvalue weighted by molar-refractivity contribution is 9.10. The van der Waals surface area contributed by atoms with E-state index in [1.807, 2.05) is 12.1 Å². The minimum atomic E-state index is -0.572. The summed E-state index contributed by atoms with van der Waals surface area (Å²) in [6.07, 6.45) is 0.834. The van der Waals surface area contributed by atoms with Crippen LogP contribution in [-0.2, 0) is 0 Å². The molecule has 0 spiro atoms. The average molecular weight is 352 g/mol. The SMILES string of the molecule is NC(c1ccccc1F)c1cc2c(cc1Br)OCCCO2. The summed E-state index contributed by atoms with van der Waals surface area (Å²) in [5, 5.41) is 0. The molecule has 21 heavy (non-hydrogen) atoms. The van der Waals surface area contributed by atoms with E-state index in [0.29, 0.717) is 30.3 Å². The Morgan fingerprint density at radius 1 is 1.05 bits per heavy atom. The van der Waals surface area contributed by atoms with Crippen LogP contribution in [0.15, 0.2) is 40.9 Å². The first-order valence-corrected chi connectivity index (χ1v) is 7.55. The van der Waals surface area contributed by atoms with E-state index in [-0.39, 0.29) is 5.82 Å². The standard InChI is InChI=1S/C16H15BrFNO2/c17-12-9-15-14(20-6-3-7-21-15)8-11(12)16(19)10-4-1-2-5-13(10)18/h1-2,4-5,8-9,16H,3,6-7,19H2. The molecule has 0 saturated heterocycles. The van der Waals surface area contributed by atoms with Crippen molar-refractivity contribution < 1.29 is 13.9 Å². The Balaban J connectivity index is 2.02. The van der Waals surface area contributed by atoms with E-state index >= 15 is 0 Å². The van der Waals surface area contributed by atoms with Crippen LogP contribution in [0.5, 0.6) is 11.5 Å². The van der Waals surface area contributed by atoms with Gasteiger partial charge in [-0.2, -0.15) is 0 Å². The first-order chi connectivity index (χ1) is 10.2. The van der Waals surface area contributed by atoms with Crippen LogP contribution < -0.4 is 15.2 Å². The van der Waals surface area contributed by atoms with Gasteiger partial charge in [0.15, 0.2) is 11.5 Å². The van der Waals surface area contributed by atoms with Gasteiger partial charge in [0.05, 0.1) is 19.3 Å². The van der Waals surface area contributed by atoms with E-state index in [1.54, 1.807) is 18.2 Å². The summed E-state index contributed by atoms with van der Waals surface area (Å²) >= 11 is 3.49. The quantitative estimate of drug-likeness (QED) is 0.894. The number of hydrogen-bond acceptors (Lipinski definition) is 3. The van der Waals surface area contributed by atoms with Crippen molar-refractivity contribution >= 4 is 15.9 Å². The van der Waals surface area contributed by atoms with Crippen molar-refractivity contribution in [2.75, 3.05) is 13.2 Å². The third-order valence-electron chi connectivity index (χ3n) is 3.44. The lowest BCUT2D eigenvalue weighted by atomic mass is 9.98. The fraction of sp³-hybridized carbons (Fsp3) is 0.250. The predicted octanol–water partition coefficient (Wildman–Crippen LogP) is 3.80. The van der Waals surface area contributed by atoms with E-state index in [2.05, 4.69) is 15.9 Å². The molecule has 1 unspecified atom stereocenters. The van der Waals surface area contributed by atoms with Gasteiger partial charge < -0.3 is 15.2 Å². The van der Waals surface area contributed by atoms with Crippen LogP contribution in [0.3, 0.4) is 0 Å². The summed E-state index contributed by atoms with van der Waals surface area (Å²) in [5.74, 6) is 1.02. The second kappa shape index (κ2) is 6.03. The van der Waals surface area contributed by atoms with Crippen LogP contribution >= 0.6 is 15.9 Å². The molecule has 2 aromatic carbocycles. The summed E-state index contributed by atoms with van der Waals surface area (Å²) in [6, 6.07) is 9.60. The lowest BCUT2D eigenvalue weighted by Gasteiger charge is -2.17. The average Bonchev–Trinajstić information content (AvgIpc) is 2.71. The Bertz CT molecular complexity index is 663. The lowest BCUT2D eigenvalue weighted by Crippen LogP contribution is -2.14. The van der Waals surface area contributed by atoms with Crippen LogP contribution in [0.25, 0.3) is 0 Å². The molecule has 0 fully saturated rings. The molecule has 5 heteroatoms. The van der Waals surface area contributed by atoms with Gasteiger partial charge in [-0.3, -0.25) is 0 Å². The topological polar surface area (TPSA) is 44.5 Å². The summed E-state index contributed by atoms with van der Waals surface area (Å²) in [5.41, 5.74) is 7.44. The highest BCUT2D eigenvalue weighted by Gasteiger charge is 2.20. The number of nitrogens with two attached hydrogens (primary N) is 1. The maximum atomic E-state index is 13.9. The minimum absolute atomic E-state index is 0.316. The molecule has 1 atom stereocenters. The molecule has 0 amide bonds. The Kier molecular flexibility index (Phi) is 4.12. The molecule has 0 bridgehead atoms. The molecule has 1 aliphatic rings. The van der Waals surface area contributed by atoms with Crippen LogP contribution in [0.4, 0.5) is 4.39 Å². The molecule has 3 nitrogen and oxygen atoms in total. The number of fused-ring (bicyclic) bond motifs is 1. The highest BCUT2D eigenvalue weighted by atomic mass is 79.9. The van der Waals surface area contributed by atoms with Gasteiger partial charge >= 0.3 is 0 Å². The molecular weight excluding hydrogens is 337 g/mol. The van der Waals surface area contributed by atoms with Crippen LogP contribution in [-0.4, -0.2) is 13.2 Å². The number of halogens is 2. The normalized spacial score (nSPS) is 15.4. The van der Waals surface area contributed by atoms with Crippen molar-refractivity contribution in [2.45, 2.75) is 12.5 Å². The van der Waals surface area contributed by atoms with Crippen LogP contribution in [0, 0.1) is 5.82 Å². The second-order valence-corrected chi connectivity index (χ2v) is 5.72. The van der Waals surface area contributed by atoms with Crippen molar-refractivity contribution in [3.05, 3.63) is 57.8 Å². The van der Waals surface area contributed by atoms with Gasteiger partial charge in [-0.1, -0.05) is 34.1 Å². The smallest absolute Gasteiger partial charge is 0.162 e. The monoisotopic (exact) mass is 351 g/mol. The largest absolute Gasteiger partial charge is 0.490 e. The molecule has 1 heterocycles. The Morgan fingerprint density at radius 2 is 1.71 bits per heavy atom. The maximum Gasteiger partial charge on any atom is 0.162 e. The van der Waals surface area contributed by atoms with Crippen molar-refractivity contribution in [3.8, 4) is 11.5 Å². The minimum Gasteiger partial charge on any atom is -0.490 e. The first kappa shape index (κ1) is 14.4. The molecular formula is C16H15BrFNO2. The van der Waals surface area contributed by atoms with E-state index in [4.69, 9.17) is 15.2 Å². The molecule has 3 rings (SSSR count). The van der Waals surface area contributed by atoms with E-state index < -0.39 is 6.04 Å². The Hall–Kier alpha value is -1.59. The zero-order valence-corrected chi connectivity index (χ0v) is 12.9. The number of hydrogen-bond donors (Lipinski definition) is 1. The summed E-state index contributed by atoms with van der Waals surface area (Å²) < 4.78 is 26.0. The number of ether oxygens (including phenoxy) is 2. The van der Waals surface area contributed by atoms with Gasteiger partial charge in [0, 0.05) is 16.5 Å². The summed E-state index contributed by atoms with van der Waals surface area (Å²) in [7, 11) is 0. The molecule has 0 aliphatic carbocycles. The van der Waals surface area contributed by atoms with Gasteiger partial charge in [0.25, 0.3) is 0 Å². The predicted molar refractivity (Wildman–Crippen MR) is 82.2 cm³/mol. The third-order valence-corrected chi connectivity index (χ3v) is 4.13. The highest BCUT2D eigenvalue weighted by Crippen LogP contribution is 2.38. The molecule has 1 aliphatic heterocycles. The molecule has 0 aromatic heterocycles. The molecule has 110 valence electrons. The van der Waals surface area contributed by atoms with E-state index in [1.165, 1.54) is 6.07 Å². The second-order valence-electron chi connectivity index (χ2n) is 4.87. The zero-order chi connectivity index (χ0) is 14.8. The van der Waals surface area contributed by atoms with Gasteiger partial charge in [0.1, 0.15) is 5.82 Å². The first-order valence-electron chi connectivity index (χ1n) is 6.76. The Morgan fingerprint density at radius 3 is 2.43 bits per heavy atom. The number of benzene rings is 2. The van der Waals surface area contributed by atoms with E-state index in [9.17, 15) is 4.39 Å². The fourth-order valence-electron chi connectivity index (χ4n) is 2.33. The van der Waals surface area contributed by atoms with Crippen LogP contribution in [0.2, 0.25) is 0 Å². The van der Waals surface area contributed by atoms with Gasteiger partial charge in [-0.05, 0) is 23.8 Å². The lowest BCUT2D eigenvalue weighted by molar-refractivity contribution is 0.297. The van der Waals surface area contributed by atoms with E-state index in [0.717, 1.165) is 16.5 Å². The maximum absolute atomic E-state index is 13.9. The molecule has 0 saturated carbocycles. The summed E-state index contributed by atoms with van der Waals surface area (Å²) in [4.78, 5) is 0. The van der Waals surface area contributed by atoms with Gasteiger partial charge in [-0.25, -0.2) is 4.39 Å². The van der Waals surface area contributed by atoms with Gasteiger partial charge in [-0.15, -0.1) is 0 Å². The summed E-state index contributed by atoms with van der Waals surface area (Å²) in [6.45, 7) is 1.22. The zero-order valence-electron chi connectivity index (χ0n) is 11.3. The molecule has 0 radical (unpaired) electrons. The van der Waals surface area contributed by atoms with Crippen molar-refractivity contribution in [1.29, 1.82) is 0 Å². The van der Waals surface area contributed by atoms with Crippen molar-refractivity contribution in [2.24, 2.45) is 5.73 Å². The fourth-order valence-corrected chi connectivity index (χ4v) is 2.90. The van der Waals surface area contributed by atoms with Crippen molar-refractivity contribution in [1.82, 2.24) is 0 Å². The van der Waals surface area contributed by atoms with Crippen LogP contribution in [0.1, 0.15) is 23.6 Å². The number of rotatable bonds is 2. The molecule has 2 N–H and O–H groups in total. The Labute approximate surface area is 131 Å². The van der Waals surface area contributed by atoms with Crippen molar-refractivity contribution in [3.63, 3.8) is 0 Å². The third kappa shape index (κ3) is 2.89. The van der Waals surface area contributed by atoms with Gasteiger partial charge in [0.2, 0.25) is 0 Å².